The van der Waals surface area contributed by atoms with Gasteiger partial charge in [-0.15, -0.1) is 0 Å². The Morgan fingerprint density at radius 1 is 1.26 bits per heavy atom. The van der Waals surface area contributed by atoms with E-state index in [2.05, 4.69) is 37.1 Å². The Morgan fingerprint density at radius 2 is 2.05 bits per heavy atom. The first-order valence-electron chi connectivity index (χ1n) is 14.0. The number of fused-ring (bicyclic) bond motifs is 2. The summed E-state index contributed by atoms with van der Waals surface area (Å²) in [7, 11) is 0. The van der Waals surface area contributed by atoms with Crippen LogP contribution in [0, 0.1) is 18.2 Å². The molecule has 216 valence electrons. The normalized spacial score (nSPS) is 17.5. The second-order valence-electron chi connectivity index (χ2n) is 11.4. The summed E-state index contributed by atoms with van der Waals surface area (Å²) in [4.78, 5) is 20.2. The highest BCUT2D eigenvalue weighted by atomic mass is 35.5. The number of aryl methyl sites for hydroxylation is 1. The number of aromatic nitrogens is 7. The zero-order valence-corrected chi connectivity index (χ0v) is 24.0. The van der Waals surface area contributed by atoms with Crippen LogP contribution in [0.4, 0.5) is 15.9 Å². The lowest BCUT2D eigenvalue weighted by Gasteiger charge is -2.39. The number of hydrogen-bond donors (Lipinski definition) is 3. The number of H-pyrrole nitrogens is 1. The molecule has 2 fully saturated rings. The van der Waals surface area contributed by atoms with Crippen molar-refractivity contribution in [2.24, 2.45) is 16.1 Å². The smallest absolute Gasteiger partial charge is 0.202 e. The molecule has 42 heavy (non-hydrogen) atoms. The molecule has 0 bridgehead atoms. The Hall–Kier alpha value is -4.16. The largest absolute Gasteiger partial charge is 0.390 e. The van der Waals surface area contributed by atoms with Crippen molar-refractivity contribution in [1.29, 1.82) is 0 Å². The number of aliphatic hydroxyl groups is 1. The molecule has 1 aliphatic heterocycles. The number of hydrogen-bond acceptors (Lipinski definition) is 8. The van der Waals surface area contributed by atoms with E-state index in [0.29, 0.717) is 82.6 Å². The number of nitrogens with two attached hydrogens (primary N) is 1. The summed E-state index contributed by atoms with van der Waals surface area (Å²) in [6.45, 7) is 4.61. The Kier molecular flexibility index (Phi) is 6.35. The summed E-state index contributed by atoms with van der Waals surface area (Å²) >= 11 is 6.87. The first kappa shape index (κ1) is 26.7. The molecule has 1 aromatic carbocycles. The fraction of sp³-hybridized carbons (Fsp3) is 0.379. The maximum atomic E-state index is 14.0. The quantitative estimate of drug-likeness (QED) is 0.186. The molecular weight excluding hydrogens is 559 g/mol. The van der Waals surface area contributed by atoms with Crippen LogP contribution in [-0.4, -0.2) is 59.0 Å². The summed E-state index contributed by atoms with van der Waals surface area (Å²) in [5.41, 5.74) is 10.4. The van der Waals surface area contributed by atoms with E-state index < -0.39 is 11.2 Å². The lowest BCUT2D eigenvalue weighted by molar-refractivity contribution is 0.276. The highest BCUT2D eigenvalue weighted by Crippen LogP contribution is 2.40. The van der Waals surface area contributed by atoms with E-state index in [9.17, 15) is 9.50 Å². The predicted molar refractivity (Wildman–Crippen MR) is 159 cm³/mol. The van der Waals surface area contributed by atoms with Crippen molar-refractivity contribution in [3.63, 3.8) is 0 Å². The van der Waals surface area contributed by atoms with E-state index in [0.717, 1.165) is 29.3 Å². The minimum absolute atomic E-state index is 0.285. The molecule has 0 unspecified atom stereocenters. The average molecular weight is 589 g/mol. The van der Waals surface area contributed by atoms with Crippen LogP contribution in [0.5, 0.6) is 0 Å². The molecule has 13 heteroatoms. The molecular formula is C29H30ClFN10O. The third kappa shape index (κ3) is 4.54. The van der Waals surface area contributed by atoms with Gasteiger partial charge < -0.3 is 15.7 Å². The lowest BCUT2D eigenvalue weighted by atomic mass is 9.79. The lowest BCUT2D eigenvalue weighted by Crippen LogP contribution is -2.46. The summed E-state index contributed by atoms with van der Waals surface area (Å²) < 4.78 is 16.0. The molecule has 4 aromatic heterocycles. The molecule has 0 spiro atoms. The molecule has 0 amide bonds. The molecule has 0 radical (unpaired) electrons. The number of aliphatic imine (C=N–C) groups is 1. The molecule has 5 aromatic rings. The van der Waals surface area contributed by atoms with E-state index in [1.807, 2.05) is 23.0 Å². The maximum Gasteiger partial charge on any atom is 0.202 e. The number of benzene rings is 1. The van der Waals surface area contributed by atoms with Gasteiger partial charge >= 0.3 is 0 Å². The Labute approximate surface area is 245 Å². The minimum atomic E-state index is -0.413. The molecule has 1 saturated carbocycles. The molecule has 4 N–H and O–H groups in total. The van der Waals surface area contributed by atoms with E-state index in [-0.39, 0.29) is 6.61 Å². The van der Waals surface area contributed by atoms with Gasteiger partial charge in [-0.25, -0.2) is 19.4 Å². The highest BCUT2D eigenvalue weighted by Gasteiger charge is 2.35. The fourth-order valence-electron chi connectivity index (χ4n) is 5.50. The summed E-state index contributed by atoms with van der Waals surface area (Å²) in [6.07, 6.45) is 7.16. The van der Waals surface area contributed by atoms with Crippen molar-refractivity contribution in [2.45, 2.75) is 52.2 Å². The van der Waals surface area contributed by atoms with Gasteiger partial charge in [-0.3, -0.25) is 14.8 Å². The molecule has 11 nitrogen and oxygen atoms in total. The zero-order chi connectivity index (χ0) is 29.2. The van der Waals surface area contributed by atoms with Crippen LogP contribution in [0.15, 0.2) is 35.6 Å². The van der Waals surface area contributed by atoms with E-state index in [1.54, 1.807) is 6.92 Å². The average Bonchev–Trinajstić information content (AvgIpc) is 3.61. The summed E-state index contributed by atoms with van der Waals surface area (Å²) in [6, 6.07) is 5.65. The number of halogens is 2. The molecule has 0 atom stereocenters. The van der Waals surface area contributed by atoms with E-state index in [1.165, 1.54) is 12.3 Å². The second-order valence-corrected chi connectivity index (χ2v) is 11.8. The third-order valence-corrected chi connectivity index (χ3v) is 8.87. The first-order chi connectivity index (χ1) is 20.2. The van der Waals surface area contributed by atoms with Crippen LogP contribution in [0.2, 0.25) is 5.02 Å². The van der Waals surface area contributed by atoms with Crippen molar-refractivity contribution in [3.05, 3.63) is 52.8 Å². The number of aromatic amines is 1. The van der Waals surface area contributed by atoms with Gasteiger partial charge in [0.15, 0.2) is 5.82 Å². The Bertz CT molecular complexity index is 1870. The van der Waals surface area contributed by atoms with Crippen LogP contribution >= 0.6 is 11.6 Å². The van der Waals surface area contributed by atoms with Crippen molar-refractivity contribution in [1.82, 2.24) is 34.9 Å². The number of rotatable bonds is 6. The SMILES string of the molecule is Cc1ncc(N=C(N)C2(C)CCN(c3nc4n[nH]c(-c5ccc6nn(C7CC7)cc6c5Cl)c4nc3CO)CC2)cc1F. The molecule has 2 aliphatic rings. The van der Waals surface area contributed by atoms with Gasteiger partial charge in [-0.2, -0.15) is 10.2 Å². The number of aliphatic hydroxyl groups excluding tert-OH is 1. The Balaban J connectivity index is 1.15. The monoisotopic (exact) mass is 588 g/mol. The zero-order valence-electron chi connectivity index (χ0n) is 23.3. The van der Waals surface area contributed by atoms with Crippen LogP contribution in [0.25, 0.3) is 33.3 Å². The van der Waals surface area contributed by atoms with Crippen molar-refractivity contribution in [3.8, 4) is 11.3 Å². The van der Waals surface area contributed by atoms with E-state index >= 15 is 0 Å². The maximum absolute atomic E-state index is 14.0. The molecule has 7 rings (SSSR count). The number of amidine groups is 1. The van der Waals surface area contributed by atoms with Crippen LogP contribution in [0.1, 0.15) is 50.0 Å². The summed E-state index contributed by atoms with van der Waals surface area (Å²) in [5, 5.41) is 23.9. The van der Waals surface area contributed by atoms with Crippen LogP contribution in [-0.2, 0) is 6.61 Å². The van der Waals surface area contributed by atoms with Crippen molar-refractivity contribution >= 4 is 51.0 Å². The topological polar surface area (TPSA) is 147 Å². The van der Waals surface area contributed by atoms with Crippen molar-refractivity contribution < 1.29 is 9.50 Å². The second kappa shape index (κ2) is 9.99. The number of anilines is 1. The molecule has 5 heterocycles. The van der Waals surface area contributed by atoms with Gasteiger partial charge in [0.05, 0.1) is 46.5 Å². The first-order valence-corrected chi connectivity index (χ1v) is 14.4. The van der Waals surface area contributed by atoms with Crippen LogP contribution < -0.4 is 10.6 Å². The fourth-order valence-corrected chi connectivity index (χ4v) is 5.81. The van der Waals surface area contributed by atoms with Gasteiger partial charge in [0, 0.05) is 41.7 Å². The summed E-state index contributed by atoms with van der Waals surface area (Å²) in [5.74, 6) is 0.603. The third-order valence-electron chi connectivity index (χ3n) is 8.47. The predicted octanol–water partition coefficient (Wildman–Crippen LogP) is 4.99. The molecule has 1 aliphatic carbocycles. The number of nitrogens with zero attached hydrogens (tertiary/aromatic N) is 8. The minimum Gasteiger partial charge on any atom is -0.390 e. The van der Waals surface area contributed by atoms with Gasteiger partial charge in [0.2, 0.25) is 5.65 Å². The Morgan fingerprint density at radius 3 is 2.76 bits per heavy atom. The van der Waals surface area contributed by atoms with Gasteiger partial charge in [0.1, 0.15) is 22.9 Å². The highest BCUT2D eigenvalue weighted by molar-refractivity contribution is 6.38. The van der Waals surface area contributed by atoms with Gasteiger partial charge in [-0.05, 0) is 44.7 Å². The standard InChI is InChI=1S/C29H30ClFN10O/c1-15-20(31)11-16(12-33-15)34-28(32)29(2)7-9-40(10-8-29)27-22(14-42)35-25-24(37-38-26(25)36-27)18-5-6-21-19(23(18)30)13-41(39-21)17-3-4-17/h5-6,11-13,17,42H,3-4,7-10,14H2,1-2H3,(H2,32,34)(H,36,37,38). The van der Waals surface area contributed by atoms with Crippen molar-refractivity contribution in [2.75, 3.05) is 18.0 Å². The van der Waals surface area contributed by atoms with Gasteiger partial charge in [-0.1, -0.05) is 18.5 Å². The van der Waals surface area contributed by atoms with E-state index in [4.69, 9.17) is 27.3 Å². The number of pyridine rings is 1. The number of piperidine rings is 1. The molecule has 1 saturated heterocycles. The van der Waals surface area contributed by atoms with Gasteiger partial charge in [0.25, 0.3) is 0 Å². The van der Waals surface area contributed by atoms with Crippen LogP contribution in [0.3, 0.4) is 0 Å². The number of nitrogens with one attached hydrogen (secondary N) is 1.